The Labute approximate surface area is 118 Å². The Bertz CT molecular complexity index is 350. The summed E-state index contributed by atoms with van der Waals surface area (Å²) in [6.07, 6.45) is 3.91. The van der Waals surface area contributed by atoms with Crippen molar-refractivity contribution >= 4 is 0 Å². The van der Waals surface area contributed by atoms with Crippen LogP contribution < -0.4 is 5.32 Å². The number of likely N-dealkylation sites (tertiary alicyclic amines) is 1. The summed E-state index contributed by atoms with van der Waals surface area (Å²) in [6, 6.07) is 11.7. The van der Waals surface area contributed by atoms with Crippen molar-refractivity contribution in [2.45, 2.75) is 45.1 Å². The fourth-order valence-electron chi connectivity index (χ4n) is 3.17. The van der Waals surface area contributed by atoms with Gasteiger partial charge >= 0.3 is 0 Å². The van der Waals surface area contributed by atoms with Gasteiger partial charge < -0.3 is 5.32 Å². The van der Waals surface area contributed by atoms with Crippen LogP contribution in [0.15, 0.2) is 30.3 Å². The fraction of sp³-hybridized carbons (Fsp3) is 0.647. The molecule has 1 heterocycles. The van der Waals surface area contributed by atoms with Gasteiger partial charge in [0, 0.05) is 19.1 Å². The third kappa shape index (κ3) is 4.05. The molecule has 0 aliphatic carbocycles. The van der Waals surface area contributed by atoms with Crippen LogP contribution >= 0.6 is 0 Å². The molecule has 19 heavy (non-hydrogen) atoms. The van der Waals surface area contributed by atoms with Gasteiger partial charge in [-0.1, -0.05) is 50.6 Å². The maximum absolute atomic E-state index is 3.52. The molecular weight excluding hydrogens is 232 g/mol. The number of hydrogen-bond acceptors (Lipinski definition) is 2. The van der Waals surface area contributed by atoms with Gasteiger partial charge in [0.2, 0.25) is 0 Å². The molecule has 0 spiro atoms. The highest BCUT2D eigenvalue weighted by molar-refractivity contribution is 5.21. The summed E-state index contributed by atoms with van der Waals surface area (Å²) >= 11 is 0. The molecule has 0 radical (unpaired) electrons. The maximum atomic E-state index is 3.52. The predicted octanol–water partition coefficient (Wildman–Crippen LogP) is 3.25. The van der Waals surface area contributed by atoms with Crippen LogP contribution in [0.1, 0.15) is 44.6 Å². The Hall–Kier alpha value is -0.860. The van der Waals surface area contributed by atoms with Crippen molar-refractivity contribution in [1.82, 2.24) is 10.2 Å². The molecule has 2 rings (SSSR count). The number of benzene rings is 1. The van der Waals surface area contributed by atoms with E-state index in [4.69, 9.17) is 0 Å². The van der Waals surface area contributed by atoms with E-state index < -0.39 is 0 Å². The van der Waals surface area contributed by atoms with Crippen molar-refractivity contribution in [1.29, 1.82) is 0 Å². The third-order valence-corrected chi connectivity index (χ3v) is 4.26. The summed E-state index contributed by atoms with van der Waals surface area (Å²) in [5.74, 6) is 0.738. The number of rotatable bonds is 7. The summed E-state index contributed by atoms with van der Waals surface area (Å²) in [7, 11) is 0. The molecule has 0 bridgehead atoms. The van der Waals surface area contributed by atoms with E-state index in [0.29, 0.717) is 0 Å². The second kappa shape index (κ2) is 7.66. The van der Waals surface area contributed by atoms with Crippen LogP contribution in [0, 0.1) is 0 Å². The topological polar surface area (TPSA) is 15.3 Å². The first-order valence-corrected chi connectivity index (χ1v) is 7.84. The van der Waals surface area contributed by atoms with Crippen LogP contribution in [-0.4, -0.2) is 37.1 Å². The van der Waals surface area contributed by atoms with Gasteiger partial charge in [0.1, 0.15) is 0 Å². The van der Waals surface area contributed by atoms with Gasteiger partial charge in [0.25, 0.3) is 0 Å². The lowest BCUT2D eigenvalue weighted by molar-refractivity contribution is 0.221. The minimum absolute atomic E-state index is 0.721. The smallest absolute Gasteiger partial charge is 0.0220 e. The Balaban J connectivity index is 1.92. The molecule has 1 N–H and O–H groups in total. The van der Waals surface area contributed by atoms with Crippen LogP contribution in [-0.2, 0) is 0 Å². The molecule has 1 aliphatic heterocycles. The van der Waals surface area contributed by atoms with E-state index in [-0.39, 0.29) is 0 Å². The van der Waals surface area contributed by atoms with Gasteiger partial charge in [-0.25, -0.2) is 0 Å². The van der Waals surface area contributed by atoms with E-state index in [1.807, 2.05) is 0 Å². The number of hydrogen-bond donors (Lipinski definition) is 1. The molecule has 1 fully saturated rings. The van der Waals surface area contributed by atoms with E-state index in [1.54, 1.807) is 0 Å². The maximum Gasteiger partial charge on any atom is 0.0220 e. The van der Waals surface area contributed by atoms with Crippen molar-refractivity contribution < 1.29 is 0 Å². The summed E-state index contributed by atoms with van der Waals surface area (Å²) in [5.41, 5.74) is 1.52. The fourth-order valence-corrected chi connectivity index (χ4v) is 3.17. The monoisotopic (exact) mass is 260 g/mol. The standard InChI is InChI=1S/C17H28N2/c1-3-8-17(13-18-4-2)19-12-11-16(14-19)15-9-6-5-7-10-15/h5-7,9-10,16-18H,3-4,8,11-14H2,1-2H3. The van der Waals surface area contributed by atoms with Crippen LogP contribution in [0.2, 0.25) is 0 Å². The van der Waals surface area contributed by atoms with Crippen molar-refractivity contribution in [2.75, 3.05) is 26.2 Å². The zero-order valence-corrected chi connectivity index (χ0v) is 12.4. The molecule has 1 aliphatic rings. The number of nitrogens with one attached hydrogen (secondary N) is 1. The van der Waals surface area contributed by atoms with Crippen LogP contribution in [0.3, 0.4) is 0 Å². The zero-order chi connectivity index (χ0) is 13.5. The summed E-state index contributed by atoms with van der Waals surface area (Å²) < 4.78 is 0. The zero-order valence-electron chi connectivity index (χ0n) is 12.4. The van der Waals surface area contributed by atoms with E-state index in [0.717, 1.165) is 25.0 Å². The molecule has 2 heteroatoms. The summed E-state index contributed by atoms with van der Waals surface area (Å²) in [4.78, 5) is 2.70. The molecule has 2 nitrogen and oxygen atoms in total. The summed E-state index contributed by atoms with van der Waals surface area (Å²) in [5, 5.41) is 3.52. The van der Waals surface area contributed by atoms with Gasteiger partial charge in [0.05, 0.1) is 0 Å². The summed E-state index contributed by atoms with van der Waals surface area (Å²) in [6.45, 7) is 9.21. The molecule has 2 atom stereocenters. The average molecular weight is 260 g/mol. The van der Waals surface area contributed by atoms with Crippen molar-refractivity contribution in [3.05, 3.63) is 35.9 Å². The largest absolute Gasteiger partial charge is 0.315 e. The van der Waals surface area contributed by atoms with Gasteiger partial charge in [-0.05, 0) is 37.4 Å². The van der Waals surface area contributed by atoms with Crippen molar-refractivity contribution in [3.8, 4) is 0 Å². The van der Waals surface area contributed by atoms with Crippen LogP contribution in [0.5, 0.6) is 0 Å². The molecule has 1 aromatic rings. The molecule has 0 saturated carbocycles. The van der Waals surface area contributed by atoms with Crippen LogP contribution in [0.25, 0.3) is 0 Å². The molecule has 2 unspecified atom stereocenters. The molecule has 1 aromatic carbocycles. The van der Waals surface area contributed by atoms with Crippen molar-refractivity contribution in [3.63, 3.8) is 0 Å². The van der Waals surface area contributed by atoms with E-state index in [1.165, 1.54) is 37.9 Å². The second-order valence-corrected chi connectivity index (χ2v) is 5.64. The molecule has 106 valence electrons. The average Bonchev–Trinajstić information content (AvgIpc) is 2.94. The van der Waals surface area contributed by atoms with Gasteiger partial charge in [-0.3, -0.25) is 4.90 Å². The Morgan fingerprint density at radius 1 is 1.26 bits per heavy atom. The first-order valence-electron chi connectivity index (χ1n) is 7.84. The molecule has 1 saturated heterocycles. The SMILES string of the molecule is CCCC(CNCC)N1CCC(c2ccccc2)C1. The van der Waals surface area contributed by atoms with Gasteiger partial charge in [-0.15, -0.1) is 0 Å². The normalized spacial score (nSPS) is 21.7. The lowest BCUT2D eigenvalue weighted by Crippen LogP contribution is -2.41. The highest BCUT2D eigenvalue weighted by atomic mass is 15.2. The molecule has 0 aromatic heterocycles. The Morgan fingerprint density at radius 3 is 2.74 bits per heavy atom. The molecular formula is C17H28N2. The first-order chi connectivity index (χ1) is 9.35. The number of likely N-dealkylation sites (N-methyl/N-ethyl adjacent to an activating group) is 1. The van der Waals surface area contributed by atoms with E-state index in [9.17, 15) is 0 Å². The van der Waals surface area contributed by atoms with Gasteiger partial charge in [0.15, 0.2) is 0 Å². The van der Waals surface area contributed by atoms with E-state index >= 15 is 0 Å². The quantitative estimate of drug-likeness (QED) is 0.809. The minimum Gasteiger partial charge on any atom is -0.315 e. The third-order valence-electron chi connectivity index (χ3n) is 4.26. The number of nitrogens with zero attached hydrogens (tertiary/aromatic N) is 1. The second-order valence-electron chi connectivity index (χ2n) is 5.64. The predicted molar refractivity (Wildman–Crippen MR) is 82.6 cm³/mol. The highest BCUT2D eigenvalue weighted by Gasteiger charge is 2.28. The highest BCUT2D eigenvalue weighted by Crippen LogP contribution is 2.28. The Morgan fingerprint density at radius 2 is 2.05 bits per heavy atom. The lowest BCUT2D eigenvalue weighted by atomic mass is 9.99. The van der Waals surface area contributed by atoms with E-state index in [2.05, 4.69) is 54.4 Å². The van der Waals surface area contributed by atoms with Gasteiger partial charge in [-0.2, -0.15) is 0 Å². The molecule has 0 amide bonds. The lowest BCUT2D eigenvalue weighted by Gasteiger charge is -2.28. The first kappa shape index (κ1) is 14.5. The van der Waals surface area contributed by atoms with Crippen molar-refractivity contribution in [2.24, 2.45) is 0 Å². The minimum atomic E-state index is 0.721. The van der Waals surface area contributed by atoms with Crippen LogP contribution in [0.4, 0.5) is 0 Å². The Kier molecular flexibility index (Phi) is 5.87.